The summed E-state index contributed by atoms with van der Waals surface area (Å²) >= 11 is 0. The number of rotatable bonds is 5. The molecule has 0 aromatic heterocycles. The third-order valence-electron chi connectivity index (χ3n) is 2.75. The van der Waals surface area contributed by atoms with Crippen LogP contribution in [0, 0.1) is 0 Å². The lowest BCUT2D eigenvalue weighted by molar-refractivity contribution is -0.145. The summed E-state index contributed by atoms with van der Waals surface area (Å²) in [6.07, 6.45) is -0.175. The average molecular weight is 244 g/mol. The van der Waals surface area contributed by atoms with Crippen LogP contribution < -0.4 is 5.32 Å². The fraction of sp³-hybridized carbons (Fsp3) is 0.818. The van der Waals surface area contributed by atoms with Gasteiger partial charge < -0.3 is 15.2 Å². The van der Waals surface area contributed by atoms with E-state index in [-0.39, 0.29) is 17.9 Å². The molecule has 1 heterocycles. The Morgan fingerprint density at radius 2 is 2.29 bits per heavy atom. The van der Waals surface area contributed by atoms with Crippen molar-refractivity contribution in [1.82, 2.24) is 10.2 Å². The molecule has 1 aliphatic rings. The first-order valence-corrected chi connectivity index (χ1v) is 5.62. The predicted octanol–water partition coefficient (Wildman–Crippen LogP) is -0.313. The van der Waals surface area contributed by atoms with E-state index in [2.05, 4.69) is 5.32 Å². The Kier molecular flexibility index (Phi) is 4.47. The molecule has 6 heteroatoms. The van der Waals surface area contributed by atoms with Gasteiger partial charge >= 0.3 is 5.97 Å². The number of hydrogen-bond donors (Lipinski definition) is 2. The lowest BCUT2D eigenvalue weighted by Crippen LogP contribution is -2.65. The Morgan fingerprint density at radius 1 is 1.65 bits per heavy atom. The largest absolute Gasteiger partial charge is 0.481 e. The maximum Gasteiger partial charge on any atom is 0.305 e. The van der Waals surface area contributed by atoms with Gasteiger partial charge in [-0.15, -0.1) is 0 Å². The van der Waals surface area contributed by atoms with Crippen molar-refractivity contribution in [1.29, 1.82) is 0 Å². The third kappa shape index (κ3) is 3.98. The van der Waals surface area contributed by atoms with Crippen LogP contribution in [0.15, 0.2) is 0 Å². The predicted molar refractivity (Wildman–Crippen MR) is 61.7 cm³/mol. The van der Waals surface area contributed by atoms with E-state index >= 15 is 0 Å². The first-order chi connectivity index (χ1) is 7.85. The summed E-state index contributed by atoms with van der Waals surface area (Å²) < 4.78 is 4.98. The molecular weight excluding hydrogens is 224 g/mol. The van der Waals surface area contributed by atoms with Crippen molar-refractivity contribution in [3.63, 3.8) is 0 Å². The highest BCUT2D eigenvalue weighted by Crippen LogP contribution is 2.18. The number of carboxylic acid groups (broad SMARTS) is 1. The summed E-state index contributed by atoms with van der Waals surface area (Å²) in [5, 5.41) is 11.7. The minimum Gasteiger partial charge on any atom is -0.481 e. The van der Waals surface area contributed by atoms with E-state index in [0.29, 0.717) is 19.7 Å². The number of ether oxygens (including phenoxy) is 1. The van der Waals surface area contributed by atoms with Crippen LogP contribution in [0.5, 0.6) is 0 Å². The summed E-state index contributed by atoms with van der Waals surface area (Å²) in [6, 6.07) is -0.601. The first kappa shape index (κ1) is 13.9. The molecule has 1 amide bonds. The van der Waals surface area contributed by atoms with Crippen LogP contribution in [0.3, 0.4) is 0 Å². The fourth-order valence-electron chi connectivity index (χ4n) is 2.07. The average Bonchev–Trinajstić information content (AvgIpc) is 2.18. The van der Waals surface area contributed by atoms with Crippen LogP contribution in [0.1, 0.15) is 20.3 Å². The van der Waals surface area contributed by atoms with Crippen LogP contribution >= 0.6 is 0 Å². The monoisotopic (exact) mass is 244 g/mol. The minimum atomic E-state index is -0.965. The van der Waals surface area contributed by atoms with Crippen LogP contribution in [0.2, 0.25) is 0 Å². The molecule has 1 unspecified atom stereocenters. The Labute approximate surface area is 101 Å². The second kappa shape index (κ2) is 5.46. The summed E-state index contributed by atoms with van der Waals surface area (Å²) in [6.45, 7) is 5.51. The molecule has 2 N–H and O–H groups in total. The molecule has 98 valence electrons. The Bertz CT molecular complexity index is 304. The van der Waals surface area contributed by atoms with E-state index in [4.69, 9.17) is 9.84 Å². The van der Waals surface area contributed by atoms with Gasteiger partial charge in [0, 0.05) is 25.7 Å². The molecule has 1 fully saturated rings. The number of hydrogen-bond acceptors (Lipinski definition) is 4. The third-order valence-corrected chi connectivity index (χ3v) is 2.75. The van der Waals surface area contributed by atoms with Gasteiger partial charge in [-0.3, -0.25) is 14.5 Å². The molecule has 0 spiro atoms. The van der Waals surface area contributed by atoms with Crippen LogP contribution in [-0.2, 0) is 14.3 Å². The highest BCUT2D eigenvalue weighted by Gasteiger charge is 2.39. The van der Waals surface area contributed by atoms with Crippen molar-refractivity contribution in [2.45, 2.75) is 31.8 Å². The number of methoxy groups -OCH3 is 1. The summed E-state index contributed by atoms with van der Waals surface area (Å²) in [7, 11) is 1.58. The smallest absolute Gasteiger partial charge is 0.305 e. The van der Waals surface area contributed by atoms with Crippen molar-refractivity contribution < 1.29 is 19.4 Å². The molecular formula is C11H20N2O4. The fourth-order valence-corrected chi connectivity index (χ4v) is 2.07. The lowest BCUT2D eigenvalue weighted by Gasteiger charge is -2.43. The van der Waals surface area contributed by atoms with Gasteiger partial charge in [0.05, 0.1) is 19.1 Å². The number of nitrogens with one attached hydrogen (secondary N) is 1. The molecule has 1 rings (SSSR count). The zero-order chi connectivity index (χ0) is 13.1. The highest BCUT2D eigenvalue weighted by molar-refractivity contribution is 5.87. The summed E-state index contributed by atoms with van der Waals surface area (Å²) in [5.41, 5.74) is -0.334. The van der Waals surface area contributed by atoms with Crippen LogP contribution in [0.25, 0.3) is 0 Å². The molecule has 6 nitrogen and oxygen atoms in total. The van der Waals surface area contributed by atoms with E-state index in [0.717, 1.165) is 0 Å². The van der Waals surface area contributed by atoms with Crippen molar-refractivity contribution in [2.24, 2.45) is 0 Å². The van der Waals surface area contributed by atoms with Crippen molar-refractivity contribution in [3.8, 4) is 0 Å². The van der Waals surface area contributed by atoms with E-state index in [1.54, 1.807) is 7.11 Å². The highest BCUT2D eigenvalue weighted by atomic mass is 16.5. The number of nitrogens with zero attached hydrogens (tertiary/aromatic N) is 1. The number of amides is 1. The topological polar surface area (TPSA) is 78.9 Å². The number of piperazine rings is 1. The normalized spacial score (nSPS) is 24.4. The molecule has 0 aliphatic carbocycles. The molecule has 0 aromatic rings. The van der Waals surface area contributed by atoms with Gasteiger partial charge in [-0.1, -0.05) is 0 Å². The zero-order valence-electron chi connectivity index (χ0n) is 10.5. The molecule has 1 saturated heterocycles. The number of carbonyl (C=O) groups is 2. The van der Waals surface area contributed by atoms with Gasteiger partial charge in [0.2, 0.25) is 5.91 Å². The molecule has 1 atom stereocenters. The summed E-state index contributed by atoms with van der Waals surface area (Å²) in [4.78, 5) is 24.5. The maximum atomic E-state index is 11.9. The Hall–Kier alpha value is -1.14. The quantitative estimate of drug-likeness (QED) is 0.693. The Balaban J connectivity index is 2.75. The van der Waals surface area contributed by atoms with E-state index in [1.807, 2.05) is 18.7 Å². The number of aliphatic carboxylic acids is 1. The standard InChI is InChI=1S/C11H20N2O4/c1-11(2)7-13(4-5-17-3)8(6-9(14)15)10(16)12-11/h8H,4-7H2,1-3H3,(H,12,16)(H,14,15). The lowest BCUT2D eigenvalue weighted by atomic mass is 9.96. The number of carbonyl (C=O) groups excluding carboxylic acids is 1. The molecule has 0 aromatic carbocycles. The minimum absolute atomic E-state index is 0.175. The maximum absolute atomic E-state index is 11.9. The molecule has 17 heavy (non-hydrogen) atoms. The van der Waals surface area contributed by atoms with Crippen molar-refractivity contribution in [2.75, 3.05) is 26.8 Å². The van der Waals surface area contributed by atoms with Crippen molar-refractivity contribution in [3.05, 3.63) is 0 Å². The van der Waals surface area contributed by atoms with Crippen LogP contribution in [-0.4, -0.2) is 60.3 Å². The molecule has 0 bridgehead atoms. The molecule has 1 aliphatic heterocycles. The first-order valence-electron chi connectivity index (χ1n) is 5.62. The van der Waals surface area contributed by atoms with Gasteiger partial charge in [-0.2, -0.15) is 0 Å². The summed E-state index contributed by atoms with van der Waals surface area (Å²) in [5.74, 6) is -1.19. The van der Waals surface area contributed by atoms with Crippen LogP contribution in [0.4, 0.5) is 0 Å². The van der Waals surface area contributed by atoms with Gasteiger partial charge in [-0.25, -0.2) is 0 Å². The molecule has 0 saturated carbocycles. The van der Waals surface area contributed by atoms with E-state index < -0.39 is 12.0 Å². The van der Waals surface area contributed by atoms with E-state index in [1.165, 1.54) is 0 Å². The zero-order valence-corrected chi connectivity index (χ0v) is 10.5. The SMILES string of the molecule is COCCN1CC(C)(C)NC(=O)C1CC(=O)O. The Morgan fingerprint density at radius 3 is 2.82 bits per heavy atom. The second-order valence-corrected chi connectivity index (χ2v) is 4.95. The second-order valence-electron chi connectivity index (χ2n) is 4.95. The van der Waals surface area contributed by atoms with E-state index in [9.17, 15) is 9.59 Å². The number of carboxylic acids is 1. The van der Waals surface area contributed by atoms with Gasteiger partial charge in [0.15, 0.2) is 0 Å². The van der Waals surface area contributed by atoms with Crippen molar-refractivity contribution >= 4 is 11.9 Å². The molecule has 0 radical (unpaired) electrons. The van der Waals surface area contributed by atoms with Gasteiger partial charge in [0.25, 0.3) is 0 Å². The van der Waals surface area contributed by atoms with Gasteiger partial charge in [-0.05, 0) is 13.8 Å². The van der Waals surface area contributed by atoms with Gasteiger partial charge in [0.1, 0.15) is 0 Å².